The number of carbonyl (C=O) groups is 4. The van der Waals surface area contributed by atoms with Gasteiger partial charge in [-0.25, -0.2) is 0 Å². The summed E-state index contributed by atoms with van der Waals surface area (Å²) in [7, 11) is 0. The summed E-state index contributed by atoms with van der Waals surface area (Å²) >= 11 is 0. The lowest BCUT2D eigenvalue weighted by atomic mass is 9.87. The Morgan fingerprint density at radius 1 is 0.851 bits per heavy atom. The Labute approximate surface area is 273 Å². The normalized spacial score (nSPS) is 25.3. The van der Waals surface area contributed by atoms with Gasteiger partial charge in [0, 0.05) is 39.7 Å². The zero-order valence-electron chi connectivity index (χ0n) is 26.9. The Hall–Kier alpha value is -4.47. The maximum Gasteiger partial charge on any atom is 0.303 e. The molecule has 0 N–H and O–H groups in total. The number of esters is 4. The number of ether oxygens (including phenoxy) is 7. The molecule has 0 aromatic heterocycles. The van der Waals surface area contributed by atoms with Crippen LogP contribution >= 0.6 is 0 Å². The van der Waals surface area contributed by atoms with Crippen LogP contribution in [0, 0.1) is 11.3 Å². The number of nitrogens with zero attached hydrogens (tertiary/aromatic N) is 1. The first kappa shape index (κ1) is 33.9. The molecule has 0 radical (unpaired) electrons. The molecule has 6 atom stereocenters. The summed E-state index contributed by atoms with van der Waals surface area (Å²) in [6.45, 7) is 5.21. The Balaban J connectivity index is 1.62. The zero-order chi connectivity index (χ0) is 33.7. The fourth-order valence-corrected chi connectivity index (χ4v) is 6.03. The van der Waals surface area contributed by atoms with Gasteiger partial charge in [-0.05, 0) is 54.0 Å². The van der Waals surface area contributed by atoms with E-state index in [1.807, 2.05) is 12.1 Å². The van der Waals surface area contributed by atoms with E-state index in [0.717, 1.165) is 5.56 Å². The van der Waals surface area contributed by atoms with E-state index in [2.05, 4.69) is 18.2 Å². The van der Waals surface area contributed by atoms with Crippen molar-refractivity contribution in [2.75, 3.05) is 19.8 Å². The summed E-state index contributed by atoms with van der Waals surface area (Å²) in [6.07, 6.45) is -3.23. The van der Waals surface area contributed by atoms with Gasteiger partial charge in [0.2, 0.25) is 0 Å². The molecule has 2 heterocycles. The van der Waals surface area contributed by atoms with E-state index in [1.165, 1.54) is 46.1 Å². The molecule has 250 valence electrons. The van der Waals surface area contributed by atoms with Crippen LogP contribution in [-0.4, -0.2) is 74.2 Å². The predicted molar refractivity (Wildman–Crippen MR) is 163 cm³/mol. The van der Waals surface area contributed by atoms with E-state index >= 15 is 0 Å². The zero-order valence-corrected chi connectivity index (χ0v) is 26.9. The number of rotatable bonds is 11. The summed E-state index contributed by atoms with van der Waals surface area (Å²) in [5.74, 6) is -1.89. The van der Waals surface area contributed by atoms with Crippen molar-refractivity contribution < 1.29 is 52.3 Å². The van der Waals surface area contributed by atoms with E-state index in [-0.39, 0.29) is 18.5 Å². The predicted octanol–water partition coefficient (Wildman–Crippen LogP) is 3.99. The van der Waals surface area contributed by atoms with E-state index in [9.17, 15) is 24.4 Å². The van der Waals surface area contributed by atoms with Gasteiger partial charge in [-0.3, -0.25) is 19.2 Å². The summed E-state index contributed by atoms with van der Waals surface area (Å²) < 4.78 is 40.6. The van der Waals surface area contributed by atoms with Crippen LogP contribution < -0.4 is 4.74 Å². The topological polar surface area (TPSA) is 157 Å². The van der Waals surface area contributed by atoms with Crippen molar-refractivity contribution in [1.29, 1.82) is 5.26 Å². The smallest absolute Gasteiger partial charge is 0.303 e. The quantitative estimate of drug-likeness (QED) is 0.255. The van der Waals surface area contributed by atoms with Crippen LogP contribution in [0.2, 0.25) is 0 Å². The summed E-state index contributed by atoms with van der Waals surface area (Å²) in [6, 6.07) is 14.0. The van der Waals surface area contributed by atoms with Crippen molar-refractivity contribution >= 4 is 23.9 Å². The highest BCUT2D eigenvalue weighted by molar-refractivity contribution is 5.69. The Morgan fingerprint density at radius 3 is 2.09 bits per heavy atom. The summed E-state index contributed by atoms with van der Waals surface area (Å²) in [4.78, 5) is 48.9. The number of hydrogen-bond donors (Lipinski definition) is 0. The van der Waals surface area contributed by atoms with E-state index in [1.54, 1.807) is 12.1 Å². The highest BCUT2D eigenvalue weighted by atomic mass is 16.7. The van der Waals surface area contributed by atoms with Crippen molar-refractivity contribution in [3.05, 3.63) is 64.2 Å². The van der Waals surface area contributed by atoms with Crippen LogP contribution in [0.5, 0.6) is 5.75 Å². The summed E-state index contributed by atoms with van der Waals surface area (Å²) in [5.41, 5.74) is 3.70. The van der Waals surface area contributed by atoms with Crippen molar-refractivity contribution in [2.45, 2.75) is 95.9 Å². The van der Waals surface area contributed by atoms with E-state index in [0.29, 0.717) is 48.7 Å². The molecule has 2 aliphatic heterocycles. The van der Waals surface area contributed by atoms with Crippen LogP contribution in [0.4, 0.5) is 0 Å². The van der Waals surface area contributed by atoms with Crippen molar-refractivity contribution in [1.82, 2.24) is 0 Å². The molecule has 1 saturated carbocycles. The lowest BCUT2D eigenvalue weighted by Crippen LogP contribution is -2.59. The standard InChI is InChI=1S/C35H39NO11/c1-19(37)42-18-31-33(43-20(2)38)35(45-22(4)40)34(44-21(3)39)32(47-31)29-14-26(13-23-5-7-24(8-6-23)25-9-10-25)27(16-36)15-30(29)46-28-11-12-41-17-28/h5-8,14-15,25,28,31-35H,9-13,17-18H2,1-4H3/t28-,31-,32+,33-,34+,35+/m1/s1. The summed E-state index contributed by atoms with van der Waals surface area (Å²) in [5, 5.41) is 10.2. The van der Waals surface area contributed by atoms with E-state index in [4.69, 9.17) is 33.2 Å². The van der Waals surface area contributed by atoms with Crippen molar-refractivity contribution in [3.8, 4) is 11.8 Å². The third kappa shape index (κ3) is 8.67. The molecule has 47 heavy (non-hydrogen) atoms. The number of benzene rings is 2. The number of hydrogen-bond acceptors (Lipinski definition) is 12. The molecule has 0 unspecified atom stereocenters. The average molecular weight is 650 g/mol. The van der Waals surface area contributed by atoms with Crippen LogP contribution in [0.25, 0.3) is 0 Å². The monoisotopic (exact) mass is 649 g/mol. The van der Waals surface area contributed by atoms with Gasteiger partial charge in [-0.1, -0.05) is 24.3 Å². The first-order chi connectivity index (χ1) is 22.5. The number of carbonyl (C=O) groups excluding carboxylic acids is 4. The Kier molecular flexibility index (Phi) is 10.8. The lowest BCUT2D eigenvalue weighted by molar-refractivity contribution is -0.254. The molecule has 2 saturated heterocycles. The fraction of sp³-hybridized carbons (Fsp3) is 0.514. The van der Waals surface area contributed by atoms with Crippen molar-refractivity contribution in [2.24, 2.45) is 0 Å². The highest BCUT2D eigenvalue weighted by Crippen LogP contribution is 2.43. The second-order valence-electron chi connectivity index (χ2n) is 12.1. The van der Waals surface area contributed by atoms with Gasteiger partial charge in [0.15, 0.2) is 18.3 Å². The first-order valence-corrected chi connectivity index (χ1v) is 15.7. The van der Waals surface area contributed by atoms with Crippen molar-refractivity contribution in [3.63, 3.8) is 0 Å². The highest BCUT2D eigenvalue weighted by Gasteiger charge is 2.53. The molecule has 1 aliphatic carbocycles. The second-order valence-corrected chi connectivity index (χ2v) is 12.1. The molecule has 2 aromatic rings. The molecule has 3 aliphatic rings. The third-order valence-corrected chi connectivity index (χ3v) is 8.26. The fourth-order valence-electron chi connectivity index (χ4n) is 6.03. The Bertz CT molecular complexity index is 1520. The lowest BCUT2D eigenvalue weighted by Gasteiger charge is -2.45. The molecule has 3 fully saturated rings. The average Bonchev–Trinajstić information content (AvgIpc) is 3.74. The Morgan fingerprint density at radius 2 is 1.51 bits per heavy atom. The maximum absolute atomic E-state index is 12.5. The molecular formula is C35H39NO11. The molecule has 0 bridgehead atoms. The number of nitriles is 1. The molecular weight excluding hydrogens is 610 g/mol. The largest absolute Gasteiger partial charge is 0.487 e. The van der Waals surface area contributed by atoms with Crippen LogP contribution in [0.3, 0.4) is 0 Å². The minimum absolute atomic E-state index is 0.283. The van der Waals surface area contributed by atoms with Crippen LogP contribution in [-0.2, 0) is 54.0 Å². The molecule has 2 aromatic carbocycles. The SMILES string of the molecule is CC(=O)OC[C@H]1O[C@@H](c2cc(Cc3ccc(C4CC4)cc3)c(C#N)cc2O[C@@H]2CCOC2)[C@H](OC(C)=O)[C@@H](OC(C)=O)[C@@H]1OC(C)=O. The maximum atomic E-state index is 12.5. The molecule has 0 amide bonds. The van der Waals surface area contributed by atoms with Gasteiger partial charge in [-0.15, -0.1) is 0 Å². The van der Waals surface area contributed by atoms with Gasteiger partial charge < -0.3 is 33.2 Å². The molecule has 12 nitrogen and oxygen atoms in total. The van der Waals surface area contributed by atoms with Gasteiger partial charge in [0.1, 0.15) is 30.7 Å². The van der Waals surface area contributed by atoms with Gasteiger partial charge >= 0.3 is 23.9 Å². The minimum atomic E-state index is -1.35. The molecule has 0 spiro atoms. The van der Waals surface area contributed by atoms with Gasteiger partial charge in [-0.2, -0.15) is 5.26 Å². The van der Waals surface area contributed by atoms with Gasteiger partial charge in [0.25, 0.3) is 0 Å². The second kappa shape index (κ2) is 15.0. The first-order valence-electron chi connectivity index (χ1n) is 15.7. The van der Waals surface area contributed by atoms with Crippen LogP contribution in [0.15, 0.2) is 36.4 Å². The third-order valence-electron chi connectivity index (χ3n) is 8.26. The molecule has 5 rings (SSSR count). The minimum Gasteiger partial charge on any atom is -0.487 e. The van der Waals surface area contributed by atoms with Crippen LogP contribution in [0.1, 0.15) is 86.8 Å². The van der Waals surface area contributed by atoms with Gasteiger partial charge in [0.05, 0.1) is 24.8 Å². The van der Waals surface area contributed by atoms with E-state index < -0.39 is 54.4 Å². The molecule has 12 heteroatoms.